The number of anilines is 1. The lowest BCUT2D eigenvalue weighted by molar-refractivity contribution is -0.133. The van der Waals surface area contributed by atoms with Gasteiger partial charge in [0.2, 0.25) is 0 Å². The number of hydrogen-bond acceptors (Lipinski definition) is 2. The van der Waals surface area contributed by atoms with Crippen LogP contribution in [-0.4, -0.2) is 18.9 Å². The van der Waals surface area contributed by atoms with Crippen LogP contribution in [-0.2, 0) is 0 Å². The fraction of sp³-hybridized carbons (Fsp3) is 0.231. The molecule has 1 aliphatic rings. The Morgan fingerprint density at radius 1 is 0.833 bits per heavy atom. The fourth-order valence-corrected chi connectivity index (χ4v) is 3.97. The summed E-state index contributed by atoms with van der Waals surface area (Å²) in [5, 5.41) is 2.11. The third-order valence-corrected chi connectivity index (χ3v) is 5.61. The minimum atomic E-state index is -4.59. The Hall–Kier alpha value is -3.56. The van der Waals surface area contributed by atoms with Gasteiger partial charge in [-0.1, -0.05) is 30.3 Å². The van der Waals surface area contributed by atoms with Gasteiger partial charge in [0.25, 0.3) is 0 Å². The second-order valence-electron chi connectivity index (χ2n) is 8.32. The Morgan fingerprint density at radius 2 is 1.56 bits per heavy atom. The first-order valence-corrected chi connectivity index (χ1v) is 10.8. The number of ether oxygens (including phenoxy) is 1. The zero-order valence-corrected chi connectivity index (χ0v) is 18.7. The van der Waals surface area contributed by atoms with Crippen LogP contribution in [0.1, 0.15) is 29.5 Å². The van der Waals surface area contributed by atoms with Crippen molar-refractivity contribution in [2.24, 2.45) is 0 Å². The molecule has 3 aromatic rings. The van der Waals surface area contributed by atoms with E-state index in [1.165, 1.54) is 6.07 Å². The number of fused-ring (bicyclic) bond motifs is 2. The lowest BCUT2D eigenvalue weighted by Crippen LogP contribution is -2.24. The summed E-state index contributed by atoms with van der Waals surface area (Å²) in [5.41, 5.74) is 1.49. The Labute approximate surface area is 200 Å². The summed E-state index contributed by atoms with van der Waals surface area (Å²) in [6, 6.07) is 11.4. The van der Waals surface area contributed by atoms with Gasteiger partial charge in [0, 0.05) is 34.1 Å². The molecule has 0 spiro atoms. The molecule has 2 nitrogen and oxygen atoms in total. The molecule has 3 aromatic carbocycles. The molecule has 0 radical (unpaired) electrons. The van der Waals surface area contributed by atoms with Crippen molar-refractivity contribution in [3.63, 3.8) is 0 Å². The lowest BCUT2D eigenvalue weighted by atomic mass is 9.89. The molecule has 36 heavy (non-hydrogen) atoms. The van der Waals surface area contributed by atoms with Gasteiger partial charge in [0.15, 0.2) is 0 Å². The van der Waals surface area contributed by atoms with Crippen LogP contribution in [0, 0.1) is 18.6 Å². The Bertz CT molecular complexity index is 1420. The summed E-state index contributed by atoms with van der Waals surface area (Å²) in [4.78, 5) is 0. The van der Waals surface area contributed by atoms with E-state index in [0.29, 0.717) is 11.1 Å². The van der Waals surface area contributed by atoms with Crippen molar-refractivity contribution >= 4 is 17.3 Å². The average molecular weight is 513 g/mol. The van der Waals surface area contributed by atoms with E-state index < -0.39 is 49.1 Å². The van der Waals surface area contributed by atoms with Gasteiger partial charge in [-0.3, -0.25) is 0 Å². The molecule has 0 aliphatic carbocycles. The molecule has 10 heteroatoms. The minimum Gasteiger partial charge on any atom is -0.456 e. The van der Waals surface area contributed by atoms with Crippen molar-refractivity contribution in [1.82, 2.24) is 0 Å². The summed E-state index contributed by atoms with van der Waals surface area (Å²) < 4.78 is 111. The van der Waals surface area contributed by atoms with Crippen LogP contribution in [0.2, 0.25) is 0 Å². The van der Waals surface area contributed by atoms with Crippen LogP contribution >= 0.6 is 0 Å². The normalized spacial score (nSPS) is 13.8. The monoisotopic (exact) mass is 513 g/mol. The first-order chi connectivity index (χ1) is 16.8. The summed E-state index contributed by atoms with van der Waals surface area (Å²) in [6.07, 6.45) is -9.50. The van der Waals surface area contributed by atoms with Crippen molar-refractivity contribution < 1.29 is 39.9 Å². The number of benzene rings is 3. The highest BCUT2D eigenvalue weighted by molar-refractivity contribution is 5.87. The highest BCUT2D eigenvalue weighted by atomic mass is 19.4. The molecule has 0 amide bonds. The lowest BCUT2D eigenvalue weighted by Gasteiger charge is -2.23. The molecule has 0 unspecified atom stereocenters. The molecule has 1 aliphatic heterocycles. The van der Waals surface area contributed by atoms with E-state index in [2.05, 4.69) is 0 Å². The van der Waals surface area contributed by atoms with Crippen LogP contribution in [0.15, 0.2) is 48.5 Å². The molecule has 4 rings (SSSR count). The van der Waals surface area contributed by atoms with E-state index in [4.69, 9.17) is 4.74 Å². The maximum absolute atomic E-state index is 14.9. The molecule has 1 heterocycles. The second kappa shape index (κ2) is 9.48. The zero-order chi connectivity index (χ0) is 26.3. The first kappa shape index (κ1) is 25.5. The van der Waals surface area contributed by atoms with Crippen LogP contribution in [0.4, 0.5) is 40.8 Å². The molecular weight excluding hydrogens is 494 g/mol. The first-order valence-electron chi connectivity index (χ1n) is 10.8. The van der Waals surface area contributed by atoms with E-state index >= 15 is 0 Å². The van der Waals surface area contributed by atoms with E-state index in [0.717, 1.165) is 29.8 Å². The molecule has 190 valence electrons. The Balaban J connectivity index is 1.91. The van der Waals surface area contributed by atoms with Crippen LogP contribution in [0.25, 0.3) is 11.6 Å². The van der Waals surface area contributed by atoms with Gasteiger partial charge < -0.3 is 10.1 Å². The van der Waals surface area contributed by atoms with Gasteiger partial charge in [-0.05, 0) is 42.7 Å². The number of nitrogens with one attached hydrogen (secondary N) is 1. The van der Waals surface area contributed by atoms with Crippen molar-refractivity contribution in [3.8, 4) is 11.5 Å². The van der Waals surface area contributed by atoms with Gasteiger partial charge in [0.1, 0.15) is 29.7 Å². The van der Waals surface area contributed by atoms with Crippen molar-refractivity contribution in [1.29, 1.82) is 0 Å². The summed E-state index contributed by atoms with van der Waals surface area (Å²) >= 11 is 0. The molecule has 0 saturated heterocycles. The minimum absolute atomic E-state index is 0.0136. The molecule has 0 aromatic heterocycles. The quantitative estimate of drug-likeness (QED) is 0.299. The van der Waals surface area contributed by atoms with Crippen molar-refractivity contribution in [2.75, 3.05) is 11.9 Å². The number of hydrogen-bond donors (Lipinski definition) is 1. The van der Waals surface area contributed by atoms with E-state index in [9.17, 15) is 35.1 Å². The highest BCUT2D eigenvalue weighted by Gasteiger charge is 2.29. The molecule has 0 bridgehead atoms. The third-order valence-electron chi connectivity index (χ3n) is 5.61. The maximum Gasteiger partial charge on any atom is 0.405 e. The average Bonchev–Trinajstić information content (AvgIpc) is 2.76. The van der Waals surface area contributed by atoms with E-state index in [1.807, 2.05) is 5.32 Å². The predicted octanol–water partition coefficient (Wildman–Crippen LogP) is 6.72. The topological polar surface area (TPSA) is 21.3 Å². The SMILES string of the molecule is Cc1ccccc1C1=c2cc(F)/c(=C\CCC(F)(F)F)cc2Oc2cc(NCC(F)(F)F)c(F)cc21. The number of alkyl halides is 6. The Kier molecular flexibility index (Phi) is 6.72. The predicted molar refractivity (Wildman–Crippen MR) is 119 cm³/mol. The highest BCUT2D eigenvalue weighted by Crippen LogP contribution is 2.39. The number of halogens is 8. The molecule has 0 saturated carbocycles. The third kappa shape index (κ3) is 5.63. The van der Waals surface area contributed by atoms with Gasteiger partial charge >= 0.3 is 12.4 Å². The van der Waals surface area contributed by atoms with Gasteiger partial charge in [-0.25, -0.2) is 8.78 Å². The van der Waals surface area contributed by atoms with Crippen molar-refractivity contribution in [2.45, 2.75) is 32.1 Å². The van der Waals surface area contributed by atoms with Gasteiger partial charge in [0.05, 0.1) is 5.69 Å². The number of rotatable bonds is 5. The maximum atomic E-state index is 14.9. The van der Waals surface area contributed by atoms with Crippen LogP contribution in [0.5, 0.6) is 11.5 Å². The smallest absolute Gasteiger partial charge is 0.405 e. The van der Waals surface area contributed by atoms with Gasteiger partial charge in [-0.15, -0.1) is 0 Å². The molecule has 0 atom stereocenters. The molecule has 1 N–H and O–H groups in total. The fourth-order valence-electron chi connectivity index (χ4n) is 3.97. The number of aryl methyl sites for hydroxylation is 1. The summed E-state index contributed by atoms with van der Waals surface area (Å²) in [7, 11) is 0. The van der Waals surface area contributed by atoms with Crippen LogP contribution < -0.4 is 20.5 Å². The zero-order valence-electron chi connectivity index (χ0n) is 18.7. The molecular formula is C26H19F8NO. The van der Waals surface area contributed by atoms with Gasteiger partial charge in [-0.2, -0.15) is 26.3 Å². The van der Waals surface area contributed by atoms with Crippen molar-refractivity contribution in [3.05, 3.63) is 87.3 Å². The summed E-state index contributed by atoms with van der Waals surface area (Å²) in [5.74, 6) is -1.67. The van der Waals surface area contributed by atoms with E-state index in [-0.39, 0.29) is 27.5 Å². The second-order valence-corrected chi connectivity index (χ2v) is 8.32. The van der Waals surface area contributed by atoms with Crippen LogP contribution in [0.3, 0.4) is 0 Å². The standard InChI is InChI=1S/C26H19F8NO/c1-14-5-2-3-7-16(14)24-17-10-19(27)15(6-4-8-25(29,30)31)9-22(17)36-23-12-21(20(28)11-18(23)24)35-13-26(32,33)34/h2-3,5-7,9-12,35H,4,8,13H2,1H3/b15-6-. The largest absolute Gasteiger partial charge is 0.456 e. The molecule has 0 fully saturated rings. The Morgan fingerprint density at radius 3 is 2.22 bits per heavy atom. The van der Waals surface area contributed by atoms with E-state index in [1.54, 1.807) is 31.2 Å². The summed E-state index contributed by atoms with van der Waals surface area (Å²) in [6.45, 7) is 0.305.